The van der Waals surface area contributed by atoms with Gasteiger partial charge in [0.2, 0.25) is 0 Å². The summed E-state index contributed by atoms with van der Waals surface area (Å²) in [5, 5.41) is 0. The summed E-state index contributed by atoms with van der Waals surface area (Å²) in [4.78, 5) is 2.47. The van der Waals surface area contributed by atoms with Crippen LogP contribution in [0.5, 0.6) is 0 Å². The fourth-order valence-corrected chi connectivity index (χ4v) is 2.53. The molecule has 0 aromatic heterocycles. The highest BCUT2D eigenvalue weighted by molar-refractivity contribution is 5.04. The molecule has 1 saturated carbocycles. The van der Waals surface area contributed by atoms with Crippen molar-refractivity contribution in [1.29, 1.82) is 0 Å². The Bertz CT molecular complexity index is 186. The van der Waals surface area contributed by atoms with Crippen molar-refractivity contribution < 1.29 is 0 Å². The Morgan fingerprint density at radius 1 is 1.13 bits per heavy atom. The first-order chi connectivity index (χ1) is 7.17. The third-order valence-electron chi connectivity index (χ3n) is 3.91. The first kappa shape index (κ1) is 12.8. The van der Waals surface area contributed by atoms with Gasteiger partial charge in [-0.1, -0.05) is 45.8 Å². The molecule has 1 nitrogen and oxygen atoms in total. The maximum atomic E-state index is 4.30. The standard InChI is InChI=1S/C14H27N/c1-5-15(6-2)11-13(4)14-9-7-12(3)8-10-14/h12,14H,4-11H2,1-3H3. The van der Waals surface area contributed by atoms with Gasteiger partial charge in [0.05, 0.1) is 0 Å². The lowest BCUT2D eigenvalue weighted by Crippen LogP contribution is -2.28. The second-order valence-corrected chi connectivity index (χ2v) is 5.08. The Hall–Kier alpha value is -0.300. The van der Waals surface area contributed by atoms with Crippen LogP contribution in [0.1, 0.15) is 46.5 Å². The maximum absolute atomic E-state index is 4.30. The third kappa shape index (κ3) is 3.98. The second kappa shape index (κ2) is 6.32. The minimum absolute atomic E-state index is 0.807. The molecular formula is C14H27N. The predicted octanol–water partition coefficient (Wildman–Crippen LogP) is 3.71. The zero-order valence-corrected chi connectivity index (χ0v) is 10.8. The van der Waals surface area contributed by atoms with Crippen molar-refractivity contribution in [2.24, 2.45) is 11.8 Å². The van der Waals surface area contributed by atoms with Crippen LogP contribution in [0.25, 0.3) is 0 Å². The van der Waals surface area contributed by atoms with E-state index in [1.54, 1.807) is 0 Å². The number of hydrogen-bond donors (Lipinski definition) is 0. The van der Waals surface area contributed by atoms with E-state index in [-0.39, 0.29) is 0 Å². The Kier molecular flexibility index (Phi) is 5.38. The van der Waals surface area contributed by atoms with Crippen LogP contribution in [0.15, 0.2) is 12.2 Å². The number of likely N-dealkylation sites (N-methyl/N-ethyl adjacent to an activating group) is 1. The van der Waals surface area contributed by atoms with Crippen LogP contribution in [0, 0.1) is 11.8 Å². The summed E-state index contributed by atoms with van der Waals surface area (Å²) >= 11 is 0. The van der Waals surface area contributed by atoms with Crippen molar-refractivity contribution in [3.63, 3.8) is 0 Å². The van der Waals surface area contributed by atoms with E-state index in [0.29, 0.717) is 0 Å². The highest BCUT2D eigenvalue weighted by atomic mass is 15.1. The summed E-state index contributed by atoms with van der Waals surface area (Å²) in [7, 11) is 0. The minimum Gasteiger partial charge on any atom is -0.300 e. The summed E-state index contributed by atoms with van der Waals surface area (Å²) in [5.74, 6) is 1.75. The number of rotatable bonds is 5. The Labute approximate surface area is 95.5 Å². The molecule has 0 aromatic rings. The molecule has 0 bridgehead atoms. The van der Waals surface area contributed by atoms with E-state index in [2.05, 4.69) is 32.3 Å². The van der Waals surface area contributed by atoms with Gasteiger partial charge in [-0.3, -0.25) is 4.90 Å². The van der Waals surface area contributed by atoms with Crippen molar-refractivity contribution in [1.82, 2.24) is 4.90 Å². The normalized spacial score (nSPS) is 26.9. The molecule has 0 saturated heterocycles. The van der Waals surface area contributed by atoms with Gasteiger partial charge in [-0.15, -0.1) is 0 Å². The highest BCUT2D eigenvalue weighted by Crippen LogP contribution is 2.32. The van der Waals surface area contributed by atoms with Crippen LogP contribution < -0.4 is 0 Å². The lowest BCUT2D eigenvalue weighted by molar-refractivity contribution is 0.279. The Morgan fingerprint density at radius 2 is 1.67 bits per heavy atom. The van der Waals surface area contributed by atoms with Crippen LogP contribution in [0.3, 0.4) is 0 Å². The third-order valence-corrected chi connectivity index (χ3v) is 3.91. The molecule has 0 radical (unpaired) electrons. The molecule has 0 N–H and O–H groups in total. The van der Waals surface area contributed by atoms with E-state index < -0.39 is 0 Å². The van der Waals surface area contributed by atoms with E-state index in [1.807, 2.05) is 0 Å². The van der Waals surface area contributed by atoms with Crippen molar-refractivity contribution in [2.75, 3.05) is 19.6 Å². The van der Waals surface area contributed by atoms with Crippen molar-refractivity contribution in [2.45, 2.75) is 46.5 Å². The first-order valence-corrected chi connectivity index (χ1v) is 6.57. The zero-order chi connectivity index (χ0) is 11.3. The van der Waals surface area contributed by atoms with E-state index in [4.69, 9.17) is 0 Å². The summed E-state index contributed by atoms with van der Waals surface area (Å²) in [5.41, 5.74) is 1.48. The van der Waals surface area contributed by atoms with Crippen molar-refractivity contribution in [3.8, 4) is 0 Å². The van der Waals surface area contributed by atoms with Crippen LogP contribution in [-0.2, 0) is 0 Å². The van der Waals surface area contributed by atoms with E-state index in [1.165, 1.54) is 31.3 Å². The summed E-state index contributed by atoms with van der Waals surface area (Å²) in [6, 6.07) is 0. The molecule has 0 aliphatic heterocycles. The van der Waals surface area contributed by atoms with Crippen LogP contribution in [0.4, 0.5) is 0 Å². The van der Waals surface area contributed by atoms with Gasteiger partial charge in [-0.05, 0) is 37.8 Å². The average Bonchev–Trinajstić information content (AvgIpc) is 2.26. The Balaban J connectivity index is 2.33. The molecule has 15 heavy (non-hydrogen) atoms. The Morgan fingerprint density at radius 3 is 2.13 bits per heavy atom. The molecular weight excluding hydrogens is 182 g/mol. The maximum Gasteiger partial charge on any atom is 0.0192 e. The summed E-state index contributed by atoms with van der Waals surface area (Å²) in [6.45, 7) is 14.6. The molecule has 0 aromatic carbocycles. The van der Waals surface area contributed by atoms with Gasteiger partial charge < -0.3 is 0 Å². The van der Waals surface area contributed by atoms with Gasteiger partial charge in [0, 0.05) is 6.54 Å². The molecule has 0 unspecified atom stereocenters. The molecule has 0 heterocycles. The summed E-state index contributed by atoms with van der Waals surface area (Å²) < 4.78 is 0. The quantitative estimate of drug-likeness (QED) is 0.624. The molecule has 0 amide bonds. The number of hydrogen-bond acceptors (Lipinski definition) is 1. The molecule has 0 atom stereocenters. The van der Waals surface area contributed by atoms with Crippen LogP contribution in [0.2, 0.25) is 0 Å². The van der Waals surface area contributed by atoms with Gasteiger partial charge in [0.15, 0.2) is 0 Å². The van der Waals surface area contributed by atoms with Gasteiger partial charge >= 0.3 is 0 Å². The largest absolute Gasteiger partial charge is 0.300 e. The molecule has 1 heteroatoms. The zero-order valence-electron chi connectivity index (χ0n) is 10.8. The fraction of sp³-hybridized carbons (Fsp3) is 0.857. The molecule has 1 aliphatic rings. The van der Waals surface area contributed by atoms with E-state index in [0.717, 1.165) is 31.5 Å². The minimum atomic E-state index is 0.807. The molecule has 0 spiro atoms. The van der Waals surface area contributed by atoms with Gasteiger partial charge in [0.1, 0.15) is 0 Å². The van der Waals surface area contributed by atoms with Gasteiger partial charge in [-0.2, -0.15) is 0 Å². The molecule has 1 rings (SSSR count). The number of nitrogens with zero attached hydrogens (tertiary/aromatic N) is 1. The SMILES string of the molecule is C=C(CN(CC)CC)C1CCC(C)CC1. The van der Waals surface area contributed by atoms with E-state index in [9.17, 15) is 0 Å². The predicted molar refractivity (Wildman–Crippen MR) is 68.1 cm³/mol. The topological polar surface area (TPSA) is 3.24 Å². The van der Waals surface area contributed by atoms with Gasteiger partial charge in [-0.25, -0.2) is 0 Å². The lowest BCUT2D eigenvalue weighted by Gasteiger charge is -2.30. The van der Waals surface area contributed by atoms with Crippen LogP contribution >= 0.6 is 0 Å². The van der Waals surface area contributed by atoms with Crippen LogP contribution in [-0.4, -0.2) is 24.5 Å². The first-order valence-electron chi connectivity index (χ1n) is 6.57. The smallest absolute Gasteiger partial charge is 0.0192 e. The van der Waals surface area contributed by atoms with Gasteiger partial charge in [0.25, 0.3) is 0 Å². The monoisotopic (exact) mass is 209 g/mol. The van der Waals surface area contributed by atoms with Crippen molar-refractivity contribution >= 4 is 0 Å². The molecule has 1 fully saturated rings. The molecule has 1 aliphatic carbocycles. The summed E-state index contributed by atoms with van der Waals surface area (Å²) in [6.07, 6.45) is 5.56. The van der Waals surface area contributed by atoms with Crippen molar-refractivity contribution in [3.05, 3.63) is 12.2 Å². The fourth-order valence-electron chi connectivity index (χ4n) is 2.53. The lowest BCUT2D eigenvalue weighted by atomic mass is 9.79. The second-order valence-electron chi connectivity index (χ2n) is 5.08. The van der Waals surface area contributed by atoms with E-state index >= 15 is 0 Å². The average molecular weight is 209 g/mol. The highest BCUT2D eigenvalue weighted by Gasteiger charge is 2.20. The molecule has 88 valence electrons.